The smallest absolute Gasteiger partial charge is 0.138 e. The molecule has 0 aliphatic heterocycles. The minimum atomic E-state index is -0.0206. The summed E-state index contributed by atoms with van der Waals surface area (Å²) in [6.07, 6.45) is 0. The lowest BCUT2D eigenvalue weighted by atomic mass is 9.97. The summed E-state index contributed by atoms with van der Waals surface area (Å²) in [5.74, 6) is 0.583. The Hall–Kier alpha value is -0.490. The van der Waals surface area contributed by atoms with E-state index in [0.29, 0.717) is 15.8 Å². The van der Waals surface area contributed by atoms with Crippen molar-refractivity contribution in [1.82, 2.24) is 5.32 Å². The van der Waals surface area contributed by atoms with Gasteiger partial charge >= 0.3 is 0 Å². The first-order valence-electron chi connectivity index (χ1n) is 6.44. The van der Waals surface area contributed by atoms with Gasteiger partial charge in [-0.2, -0.15) is 0 Å². The number of aryl methyl sites for hydroxylation is 1. The van der Waals surface area contributed by atoms with Crippen molar-refractivity contribution in [1.29, 1.82) is 0 Å². The Morgan fingerprint density at radius 2 is 1.86 bits per heavy atom. The van der Waals surface area contributed by atoms with Crippen molar-refractivity contribution in [2.45, 2.75) is 13.0 Å². The summed E-state index contributed by atoms with van der Waals surface area (Å²) in [7, 11) is 3.49. The first kappa shape index (κ1) is 16.9. The van der Waals surface area contributed by atoms with Gasteiger partial charge in [-0.1, -0.05) is 41.4 Å². The van der Waals surface area contributed by atoms with Crippen molar-refractivity contribution in [2.75, 3.05) is 14.2 Å². The van der Waals surface area contributed by atoms with Crippen LogP contribution in [0.3, 0.4) is 0 Å². The molecule has 0 amide bonds. The molecule has 2 rings (SSSR count). The molecule has 0 heterocycles. The molecule has 2 nitrogen and oxygen atoms in total. The third-order valence-corrected chi connectivity index (χ3v) is 5.50. The highest BCUT2D eigenvalue weighted by atomic mass is 127. The lowest BCUT2D eigenvalue weighted by Gasteiger charge is -2.21. The molecule has 0 fully saturated rings. The molecule has 1 unspecified atom stereocenters. The number of methoxy groups -OCH3 is 1. The summed E-state index contributed by atoms with van der Waals surface area (Å²) >= 11 is 15.0. The average Bonchev–Trinajstić information content (AvgIpc) is 2.47. The van der Waals surface area contributed by atoms with Crippen molar-refractivity contribution < 1.29 is 4.74 Å². The molecule has 1 N–H and O–H groups in total. The molecule has 0 saturated heterocycles. The molecule has 1 atom stereocenters. The van der Waals surface area contributed by atoms with Gasteiger partial charge in [0.25, 0.3) is 0 Å². The molecule has 0 saturated carbocycles. The Morgan fingerprint density at radius 3 is 2.48 bits per heavy atom. The zero-order valence-corrected chi connectivity index (χ0v) is 15.7. The second-order valence-corrected chi connectivity index (χ2v) is 6.60. The average molecular weight is 436 g/mol. The van der Waals surface area contributed by atoms with E-state index in [1.165, 1.54) is 14.7 Å². The standard InChI is InChI=1S/C16H16Cl2INO/c1-9-5-4-6-10(15(9)19)16(20-2)11-7-13(18)14(21-3)8-12(11)17/h4-8,16,20H,1-3H3. The molecule has 0 bridgehead atoms. The van der Waals surface area contributed by atoms with Gasteiger partial charge in [-0.15, -0.1) is 0 Å². The summed E-state index contributed by atoms with van der Waals surface area (Å²) < 4.78 is 6.42. The van der Waals surface area contributed by atoms with Gasteiger partial charge in [-0.3, -0.25) is 0 Å². The molecule has 0 aliphatic carbocycles. The summed E-state index contributed by atoms with van der Waals surface area (Å²) in [6.45, 7) is 2.10. The monoisotopic (exact) mass is 435 g/mol. The van der Waals surface area contributed by atoms with Gasteiger partial charge < -0.3 is 10.1 Å². The van der Waals surface area contributed by atoms with Crippen LogP contribution in [0.25, 0.3) is 0 Å². The van der Waals surface area contributed by atoms with Crippen molar-refractivity contribution in [3.63, 3.8) is 0 Å². The molecule has 112 valence electrons. The van der Waals surface area contributed by atoms with E-state index in [0.717, 1.165) is 5.56 Å². The fraction of sp³-hybridized carbons (Fsp3) is 0.250. The molecule has 5 heteroatoms. The van der Waals surface area contributed by atoms with E-state index in [-0.39, 0.29) is 6.04 Å². The van der Waals surface area contributed by atoms with Crippen LogP contribution in [0.4, 0.5) is 0 Å². The molecule has 2 aromatic rings. The third-order valence-electron chi connectivity index (χ3n) is 3.40. The van der Waals surface area contributed by atoms with Gasteiger partial charge in [0.05, 0.1) is 18.2 Å². The molecule has 2 aromatic carbocycles. The molecular weight excluding hydrogens is 420 g/mol. The number of rotatable bonds is 4. The maximum atomic E-state index is 6.41. The number of benzene rings is 2. The van der Waals surface area contributed by atoms with Crippen LogP contribution >= 0.6 is 45.8 Å². The van der Waals surface area contributed by atoms with Crippen molar-refractivity contribution in [3.05, 3.63) is 60.6 Å². The molecular formula is C16H16Cl2INO. The number of ether oxygens (including phenoxy) is 1. The van der Waals surface area contributed by atoms with Gasteiger partial charge in [0.15, 0.2) is 0 Å². The van der Waals surface area contributed by atoms with E-state index < -0.39 is 0 Å². The van der Waals surface area contributed by atoms with E-state index in [4.69, 9.17) is 27.9 Å². The zero-order valence-electron chi connectivity index (χ0n) is 12.0. The molecule has 0 aromatic heterocycles. The van der Waals surface area contributed by atoms with Crippen LogP contribution in [0.15, 0.2) is 30.3 Å². The van der Waals surface area contributed by atoms with Crippen molar-refractivity contribution >= 4 is 45.8 Å². The van der Waals surface area contributed by atoms with E-state index in [1.807, 2.05) is 13.1 Å². The summed E-state index contributed by atoms with van der Waals surface area (Å²) in [4.78, 5) is 0. The lowest BCUT2D eigenvalue weighted by Crippen LogP contribution is -2.19. The maximum absolute atomic E-state index is 6.41. The normalized spacial score (nSPS) is 12.3. The van der Waals surface area contributed by atoms with Crippen molar-refractivity contribution in [3.8, 4) is 5.75 Å². The SMILES string of the molecule is CNC(c1cc(Cl)c(OC)cc1Cl)c1cccc(C)c1I. The van der Waals surface area contributed by atoms with Crippen LogP contribution < -0.4 is 10.1 Å². The topological polar surface area (TPSA) is 21.3 Å². The minimum Gasteiger partial charge on any atom is -0.495 e. The van der Waals surface area contributed by atoms with Gasteiger partial charge in [0, 0.05) is 14.7 Å². The van der Waals surface area contributed by atoms with Crippen LogP contribution in [-0.2, 0) is 0 Å². The van der Waals surface area contributed by atoms with E-state index >= 15 is 0 Å². The molecule has 0 aliphatic rings. The highest BCUT2D eigenvalue weighted by Gasteiger charge is 2.20. The quantitative estimate of drug-likeness (QED) is 0.664. The summed E-state index contributed by atoms with van der Waals surface area (Å²) in [6, 6.07) is 9.85. The number of hydrogen-bond acceptors (Lipinski definition) is 2. The predicted octanol–water partition coefficient (Wildman–Crippen LogP) is 5.22. The highest BCUT2D eigenvalue weighted by Crippen LogP contribution is 2.37. The van der Waals surface area contributed by atoms with Crippen LogP contribution in [0.2, 0.25) is 10.0 Å². The van der Waals surface area contributed by atoms with Gasteiger partial charge in [-0.25, -0.2) is 0 Å². The molecule has 0 spiro atoms. The van der Waals surface area contributed by atoms with E-state index in [9.17, 15) is 0 Å². The number of halogens is 3. The maximum Gasteiger partial charge on any atom is 0.138 e. The van der Waals surface area contributed by atoms with Gasteiger partial charge in [0.2, 0.25) is 0 Å². The Bertz CT molecular complexity index is 661. The van der Waals surface area contributed by atoms with E-state index in [1.54, 1.807) is 13.2 Å². The Kier molecular flexibility index (Phi) is 5.77. The highest BCUT2D eigenvalue weighted by molar-refractivity contribution is 14.1. The van der Waals surface area contributed by atoms with Crippen LogP contribution in [0.1, 0.15) is 22.7 Å². The van der Waals surface area contributed by atoms with Gasteiger partial charge in [0.1, 0.15) is 5.75 Å². The predicted molar refractivity (Wildman–Crippen MR) is 97.8 cm³/mol. The van der Waals surface area contributed by atoms with Crippen LogP contribution in [-0.4, -0.2) is 14.2 Å². The zero-order chi connectivity index (χ0) is 15.6. The van der Waals surface area contributed by atoms with Gasteiger partial charge in [-0.05, 0) is 59.3 Å². The fourth-order valence-electron chi connectivity index (χ4n) is 2.29. The third kappa shape index (κ3) is 3.47. The minimum absolute atomic E-state index is 0.0206. The first-order valence-corrected chi connectivity index (χ1v) is 8.28. The molecule has 21 heavy (non-hydrogen) atoms. The summed E-state index contributed by atoms with van der Waals surface area (Å²) in [5.41, 5.74) is 3.36. The second kappa shape index (κ2) is 7.18. The van der Waals surface area contributed by atoms with Crippen LogP contribution in [0, 0.1) is 10.5 Å². The second-order valence-electron chi connectivity index (χ2n) is 4.71. The Balaban J connectivity index is 2.57. The largest absolute Gasteiger partial charge is 0.495 e. The van der Waals surface area contributed by atoms with Crippen molar-refractivity contribution in [2.24, 2.45) is 0 Å². The first-order chi connectivity index (χ1) is 9.99. The summed E-state index contributed by atoms with van der Waals surface area (Å²) in [5, 5.41) is 4.51. The fourth-order valence-corrected chi connectivity index (χ4v) is 3.48. The van der Waals surface area contributed by atoms with E-state index in [2.05, 4.69) is 53.0 Å². The Labute approximate surface area is 148 Å². The van der Waals surface area contributed by atoms with Crippen LogP contribution in [0.5, 0.6) is 5.75 Å². The molecule has 0 radical (unpaired) electrons. The lowest BCUT2D eigenvalue weighted by molar-refractivity contribution is 0.415. The number of hydrogen-bond donors (Lipinski definition) is 1. The Morgan fingerprint density at radius 1 is 1.14 bits per heavy atom. The number of nitrogens with one attached hydrogen (secondary N) is 1.